The molecule has 2 atom stereocenters. The minimum Gasteiger partial charge on any atom is -0.508 e. The van der Waals surface area contributed by atoms with E-state index in [0.29, 0.717) is 6.54 Å². The van der Waals surface area contributed by atoms with E-state index in [0.717, 1.165) is 12.1 Å². The molecule has 4 nitrogen and oxygen atoms in total. The van der Waals surface area contributed by atoms with Gasteiger partial charge in [0.2, 0.25) is 5.91 Å². The van der Waals surface area contributed by atoms with E-state index in [1.54, 1.807) is 24.1 Å². The number of amides is 1. The molecule has 0 fully saturated rings. The zero-order chi connectivity index (χ0) is 14.4. The van der Waals surface area contributed by atoms with Crippen LogP contribution < -0.4 is 5.32 Å². The van der Waals surface area contributed by atoms with Crippen molar-refractivity contribution in [2.24, 2.45) is 5.92 Å². The molecule has 0 aliphatic heterocycles. The molecule has 1 aromatic rings. The van der Waals surface area contributed by atoms with Crippen LogP contribution in [0.15, 0.2) is 24.3 Å². The van der Waals surface area contributed by atoms with Gasteiger partial charge in [-0.2, -0.15) is 0 Å². The van der Waals surface area contributed by atoms with Gasteiger partial charge in [0.15, 0.2) is 0 Å². The lowest BCUT2D eigenvalue weighted by Crippen LogP contribution is -2.38. The van der Waals surface area contributed by atoms with Gasteiger partial charge in [-0.3, -0.25) is 4.79 Å². The first kappa shape index (κ1) is 15.5. The first-order valence-corrected chi connectivity index (χ1v) is 6.74. The number of benzene rings is 1. The highest BCUT2D eigenvalue weighted by atomic mass is 16.3. The normalized spacial score (nSPS) is 13.9. The molecular formula is C15H24N2O2. The molecule has 1 rings (SSSR count). The molecule has 19 heavy (non-hydrogen) atoms. The van der Waals surface area contributed by atoms with Gasteiger partial charge in [0.05, 0.1) is 6.04 Å². The molecule has 0 radical (unpaired) electrons. The van der Waals surface area contributed by atoms with Crippen molar-refractivity contribution in [2.75, 3.05) is 20.1 Å². The SMILES string of the molecule is CCNCC(C)C(=O)N(C)C(C)c1ccccc1O. The van der Waals surface area contributed by atoms with Gasteiger partial charge in [-0.25, -0.2) is 0 Å². The number of nitrogens with one attached hydrogen (secondary N) is 1. The maximum atomic E-state index is 12.3. The number of carbonyl (C=O) groups is 1. The first-order chi connectivity index (χ1) is 8.99. The monoisotopic (exact) mass is 264 g/mol. The molecule has 1 amide bonds. The van der Waals surface area contributed by atoms with E-state index in [4.69, 9.17) is 0 Å². The molecular weight excluding hydrogens is 240 g/mol. The Morgan fingerprint density at radius 3 is 2.58 bits per heavy atom. The van der Waals surface area contributed by atoms with Gasteiger partial charge < -0.3 is 15.3 Å². The van der Waals surface area contributed by atoms with Crippen LogP contribution in [0, 0.1) is 5.92 Å². The van der Waals surface area contributed by atoms with E-state index in [1.807, 2.05) is 32.9 Å². The molecule has 0 heterocycles. The summed E-state index contributed by atoms with van der Waals surface area (Å²) in [4.78, 5) is 14.0. The topological polar surface area (TPSA) is 52.6 Å². The Balaban J connectivity index is 2.74. The Bertz CT molecular complexity index is 420. The first-order valence-electron chi connectivity index (χ1n) is 6.74. The third-order valence-electron chi connectivity index (χ3n) is 3.44. The fourth-order valence-electron chi connectivity index (χ4n) is 2.04. The van der Waals surface area contributed by atoms with Gasteiger partial charge >= 0.3 is 0 Å². The van der Waals surface area contributed by atoms with Crippen molar-refractivity contribution in [1.29, 1.82) is 0 Å². The van der Waals surface area contributed by atoms with Gasteiger partial charge in [-0.15, -0.1) is 0 Å². The summed E-state index contributed by atoms with van der Waals surface area (Å²) in [5.74, 6) is 0.240. The Kier molecular flexibility index (Phi) is 5.83. The number of nitrogens with zero attached hydrogens (tertiary/aromatic N) is 1. The van der Waals surface area contributed by atoms with Crippen molar-refractivity contribution in [3.05, 3.63) is 29.8 Å². The number of phenols is 1. The van der Waals surface area contributed by atoms with Crippen molar-refractivity contribution >= 4 is 5.91 Å². The molecule has 0 aliphatic carbocycles. The van der Waals surface area contributed by atoms with Crippen molar-refractivity contribution < 1.29 is 9.90 Å². The van der Waals surface area contributed by atoms with E-state index in [9.17, 15) is 9.90 Å². The fraction of sp³-hybridized carbons (Fsp3) is 0.533. The highest BCUT2D eigenvalue weighted by Gasteiger charge is 2.23. The minimum atomic E-state index is -0.141. The molecule has 2 N–H and O–H groups in total. The Morgan fingerprint density at radius 1 is 1.37 bits per heavy atom. The second-order valence-corrected chi connectivity index (χ2v) is 4.89. The highest BCUT2D eigenvalue weighted by molar-refractivity contribution is 5.79. The molecule has 0 saturated heterocycles. The summed E-state index contributed by atoms with van der Waals surface area (Å²) in [5.41, 5.74) is 0.772. The largest absolute Gasteiger partial charge is 0.508 e. The predicted octanol–water partition coefficient (Wildman–Crippen LogP) is 2.16. The van der Waals surface area contributed by atoms with Gasteiger partial charge in [-0.1, -0.05) is 32.0 Å². The van der Waals surface area contributed by atoms with Crippen LogP contribution in [0.4, 0.5) is 0 Å². The smallest absolute Gasteiger partial charge is 0.226 e. The van der Waals surface area contributed by atoms with Gasteiger partial charge in [0.1, 0.15) is 5.75 Å². The summed E-state index contributed by atoms with van der Waals surface area (Å²) in [7, 11) is 1.78. The van der Waals surface area contributed by atoms with Crippen molar-refractivity contribution in [1.82, 2.24) is 10.2 Å². The van der Waals surface area contributed by atoms with Crippen LogP contribution in [0.1, 0.15) is 32.4 Å². The van der Waals surface area contributed by atoms with Crippen molar-refractivity contribution in [3.63, 3.8) is 0 Å². The molecule has 106 valence electrons. The van der Waals surface area contributed by atoms with Gasteiger partial charge in [-0.05, 0) is 19.5 Å². The fourth-order valence-corrected chi connectivity index (χ4v) is 2.04. The van der Waals surface area contributed by atoms with Crippen LogP contribution >= 0.6 is 0 Å². The quantitative estimate of drug-likeness (QED) is 0.828. The maximum absolute atomic E-state index is 12.3. The van der Waals surface area contributed by atoms with Crippen LogP contribution in [-0.2, 0) is 4.79 Å². The second kappa shape index (κ2) is 7.14. The third kappa shape index (κ3) is 3.96. The summed E-state index contributed by atoms with van der Waals surface area (Å²) in [6.07, 6.45) is 0. The van der Waals surface area contributed by atoms with Gasteiger partial charge in [0, 0.05) is 25.1 Å². The van der Waals surface area contributed by atoms with Crippen LogP contribution in [-0.4, -0.2) is 36.1 Å². The lowest BCUT2D eigenvalue weighted by atomic mass is 10.0. The standard InChI is InChI=1S/C15H24N2O2/c1-5-16-10-11(2)15(19)17(4)12(3)13-8-6-7-9-14(13)18/h6-9,11-12,16,18H,5,10H2,1-4H3. The molecule has 1 aromatic carbocycles. The Morgan fingerprint density at radius 2 is 2.00 bits per heavy atom. The number of hydrogen-bond donors (Lipinski definition) is 2. The minimum absolute atomic E-state index is 0.0711. The van der Waals surface area contributed by atoms with Crippen LogP contribution in [0.3, 0.4) is 0 Å². The average molecular weight is 264 g/mol. The van der Waals surface area contributed by atoms with Crippen molar-refractivity contribution in [2.45, 2.75) is 26.8 Å². The molecule has 0 bridgehead atoms. The number of para-hydroxylation sites is 1. The average Bonchev–Trinajstić information content (AvgIpc) is 2.42. The maximum Gasteiger partial charge on any atom is 0.226 e. The summed E-state index contributed by atoms with van der Waals surface area (Å²) < 4.78 is 0. The molecule has 0 aromatic heterocycles. The van der Waals surface area contributed by atoms with Gasteiger partial charge in [0.25, 0.3) is 0 Å². The zero-order valence-corrected chi connectivity index (χ0v) is 12.2. The molecule has 0 spiro atoms. The third-order valence-corrected chi connectivity index (χ3v) is 3.44. The number of carbonyl (C=O) groups excluding carboxylic acids is 1. The van der Waals surface area contributed by atoms with Crippen LogP contribution in [0.25, 0.3) is 0 Å². The van der Waals surface area contributed by atoms with E-state index in [-0.39, 0.29) is 23.6 Å². The number of aromatic hydroxyl groups is 1. The summed E-state index contributed by atoms with van der Waals surface area (Å²) in [5, 5.41) is 13.0. The lowest BCUT2D eigenvalue weighted by Gasteiger charge is -2.28. The summed E-state index contributed by atoms with van der Waals surface area (Å²) in [6.45, 7) is 7.39. The summed E-state index contributed by atoms with van der Waals surface area (Å²) in [6, 6.07) is 7.00. The highest BCUT2D eigenvalue weighted by Crippen LogP contribution is 2.27. The summed E-state index contributed by atoms with van der Waals surface area (Å²) >= 11 is 0. The van der Waals surface area contributed by atoms with E-state index >= 15 is 0 Å². The van der Waals surface area contributed by atoms with E-state index < -0.39 is 0 Å². The molecule has 2 unspecified atom stereocenters. The number of phenolic OH excluding ortho intramolecular Hbond substituents is 1. The lowest BCUT2D eigenvalue weighted by molar-refractivity contribution is -0.135. The predicted molar refractivity (Wildman–Crippen MR) is 77.0 cm³/mol. The number of rotatable bonds is 6. The molecule has 0 saturated carbocycles. The van der Waals surface area contributed by atoms with E-state index in [1.165, 1.54) is 0 Å². The van der Waals surface area contributed by atoms with Crippen LogP contribution in [0.2, 0.25) is 0 Å². The Labute approximate surface area is 115 Å². The molecule has 4 heteroatoms. The second-order valence-electron chi connectivity index (χ2n) is 4.89. The van der Waals surface area contributed by atoms with E-state index in [2.05, 4.69) is 5.32 Å². The number of hydrogen-bond acceptors (Lipinski definition) is 3. The van der Waals surface area contributed by atoms with Crippen molar-refractivity contribution in [3.8, 4) is 5.75 Å². The zero-order valence-electron chi connectivity index (χ0n) is 12.2. The Hall–Kier alpha value is -1.55. The van der Waals surface area contributed by atoms with Crippen LogP contribution in [0.5, 0.6) is 5.75 Å². The molecule has 0 aliphatic rings.